The molecule has 0 atom stereocenters. The predicted octanol–water partition coefficient (Wildman–Crippen LogP) is 1.89. The van der Waals surface area contributed by atoms with Gasteiger partial charge < -0.3 is 4.74 Å². The van der Waals surface area contributed by atoms with Crippen LogP contribution in [-0.4, -0.2) is 42.3 Å². The Morgan fingerprint density at radius 1 is 1.00 bits per heavy atom. The van der Waals surface area contributed by atoms with Gasteiger partial charge in [0.2, 0.25) is 10.0 Å². The Bertz CT molecular complexity index is 971. The van der Waals surface area contributed by atoms with Crippen LogP contribution in [-0.2, 0) is 20.0 Å². The smallest absolute Gasteiger partial charge is 0.261 e. The first kappa shape index (κ1) is 19.2. The molecule has 0 saturated carbocycles. The van der Waals surface area contributed by atoms with Crippen LogP contribution >= 0.6 is 0 Å². The topological polar surface area (TPSA) is 92.8 Å². The van der Waals surface area contributed by atoms with Crippen LogP contribution in [0.1, 0.15) is 0 Å². The van der Waals surface area contributed by atoms with Gasteiger partial charge in [0.05, 0.1) is 17.7 Å². The normalized spacial score (nSPS) is 12.2. The van der Waals surface area contributed by atoms with E-state index in [4.69, 9.17) is 4.74 Å². The lowest BCUT2D eigenvalue weighted by Gasteiger charge is -2.16. The molecule has 0 unspecified atom stereocenters. The number of hydrogen-bond acceptors (Lipinski definition) is 5. The van der Waals surface area contributed by atoms with Gasteiger partial charge in [-0.2, -0.15) is 0 Å². The number of nitrogens with one attached hydrogen (secondary N) is 1. The molecular formula is C15H17FN2O5S2. The summed E-state index contributed by atoms with van der Waals surface area (Å²) in [5, 5.41) is 0. The highest BCUT2D eigenvalue weighted by molar-refractivity contribution is 7.92. The van der Waals surface area contributed by atoms with Crippen molar-refractivity contribution in [1.29, 1.82) is 0 Å². The van der Waals surface area contributed by atoms with E-state index >= 15 is 0 Å². The van der Waals surface area contributed by atoms with E-state index in [0.717, 1.165) is 34.6 Å². The average molecular weight is 388 g/mol. The molecule has 0 heterocycles. The average Bonchev–Trinajstić information content (AvgIpc) is 2.54. The first-order valence-corrected chi connectivity index (χ1v) is 9.89. The van der Waals surface area contributed by atoms with Gasteiger partial charge in [-0.05, 0) is 42.5 Å². The summed E-state index contributed by atoms with van der Waals surface area (Å²) in [5.41, 5.74) is 0.0329. The van der Waals surface area contributed by atoms with Crippen LogP contribution in [0.2, 0.25) is 0 Å². The molecule has 136 valence electrons. The van der Waals surface area contributed by atoms with Crippen molar-refractivity contribution in [3.63, 3.8) is 0 Å². The van der Waals surface area contributed by atoms with Crippen LogP contribution in [0.25, 0.3) is 0 Å². The molecule has 0 bridgehead atoms. The van der Waals surface area contributed by atoms with Gasteiger partial charge in [0.1, 0.15) is 16.5 Å². The maximum absolute atomic E-state index is 12.9. The third-order valence-electron chi connectivity index (χ3n) is 3.30. The van der Waals surface area contributed by atoms with Gasteiger partial charge in [-0.15, -0.1) is 0 Å². The van der Waals surface area contributed by atoms with Crippen molar-refractivity contribution in [2.75, 3.05) is 25.9 Å². The molecule has 7 nitrogen and oxygen atoms in total. The number of sulfonamides is 2. The molecule has 1 N–H and O–H groups in total. The number of rotatable bonds is 6. The maximum Gasteiger partial charge on any atom is 0.261 e. The summed E-state index contributed by atoms with van der Waals surface area (Å²) < 4.78 is 70.6. The van der Waals surface area contributed by atoms with E-state index in [1.54, 1.807) is 0 Å². The Balaban J connectivity index is 2.46. The standard InChI is InChI=1S/C15H17FN2O5S2/c1-18(2)25(21,22)15-10-12(6-9-14(15)23-3)17-24(19,20)13-7-4-11(16)5-8-13/h4-10,17H,1-3H3. The molecule has 0 fully saturated rings. The molecule has 10 heteroatoms. The van der Waals surface area contributed by atoms with E-state index in [9.17, 15) is 21.2 Å². The number of ether oxygens (including phenoxy) is 1. The predicted molar refractivity (Wildman–Crippen MR) is 91.1 cm³/mol. The Morgan fingerprint density at radius 2 is 1.60 bits per heavy atom. The van der Waals surface area contributed by atoms with Crippen LogP contribution in [0, 0.1) is 5.82 Å². The van der Waals surface area contributed by atoms with Crippen molar-refractivity contribution < 1.29 is 26.0 Å². The Morgan fingerprint density at radius 3 is 2.12 bits per heavy atom. The molecule has 2 aromatic carbocycles. The van der Waals surface area contributed by atoms with Gasteiger partial charge in [-0.25, -0.2) is 25.5 Å². The fourth-order valence-electron chi connectivity index (χ4n) is 1.97. The SMILES string of the molecule is COc1ccc(NS(=O)(=O)c2ccc(F)cc2)cc1S(=O)(=O)N(C)C. The van der Waals surface area contributed by atoms with Gasteiger partial charge in [0.25, 0.3) is 10.0 Å². The summed E-state index contributed by atoms with van der Waals surface area (Å²) in [6, 6.07) is 8.13. The van der Waals surface area contributed by atoms with Crippen LogP contribution in [0.4, 0.5) is 10.1 Å². The first-order valence-electron chi connectivity index (χ1n) is 6.97. The largest absolute Gasteiger partial charge is 0.495 e. The highest BCUT2D eigenvalue weighted by atomic mass is 32.2. The van der Waals surface area contributed by atoms with Crippen molar-refractivity contribution in [1.82, 2.24) is 4.31 Å². The van der Waals surface area contributed by atoms with E-state index in [0.29, 0.717) is 0 Å². The lowest BCUT2D eigenvalue weighted by Crippen LogP contribution is -2.23. The molecule has 0 radical (unpaired) electrons. The van der Waals surface area contributed by atoms with Crippen molar-refractivity contribution in [2.45, 2.75) is 9.79 Å². The van der Waals surface area contributed by atoms with Gasteiger partial charge in [-0.1, -0.05) is 0 Å². The number of benzene rings is 2. The van der Waals surface area contributed by atoms with Gasteiger partial charge in [0, 0.05) is 14.1 Å². The number of halogens is 1. The quantitative estimate of drug-likeness (QED) is 0.816. The number of hydrogen-bond donors (Lipinski definition) is 1. The van der Waals surface area contributed by atoms with Crippen LogP contribution in [0.15, 0.2) is 52.3 Å². The number of nitrogens with zero attached hydrogens (tertiary/aromatic N) is 1. The Kier molecular flexibility index (Phi) is 5.35. The lowest BCUT2D eigenvalue weighted by atomic mass is 10.3. The molecule has 25 heavy (non-hydrogen) atoms. The summed E-state index contributed by atoms with van der Waals surface area (Å²) in [5.74, 6) is -0.485. The fourth-order valence-corrected chi connectivity index (χ4v) is 4.09. The van der Waals surface area contributed by atoms with Crippen molar-refractivity contribution in [3.05, 3.63) is 48.3 Å². The van der Waals surface area contributed by atoms with Gasteiger partial charge >= 0.3 is 0 Å². The molecule has 0 amide bonds. The monoisotopic (exact) mass is 388 g/mol. The van der Waals surface area contributed by atoms with Crippen molar-refractivity contribution in [3.8, 4) is 5.75 Å². The molecular weight excluding hydrogens is 371 g/mol. The van der Waals surface area contributed by atoms with Gasteiger partial charge in [0.15, 0.2) is 0 Å². The second-order valence-electron chi connectivity index (χ2n) is 5.21. The molecule has 0 aliphatic carbocycles. The second-order valence-corrected chi connectivity index (χ2v) is 9.02. The Labute approximate surface area is 146 Å². The molecule has 2 aromatic rings. The molecule has 2 rings (SSSR count). The molecule has 0 aliphatic heterocycles. The highest BCUT2D eigenvalue weighted by Gasteiger charge is 2.24. The first-order chi connectivity index (χ1) is 11.6. The minimum Gasteiger partial charge on any atom is -0.495 e. The van der Waals surface area contributed by atoms with Crippen LogP contribution in [0.3, 0.4) is 0 Å². The molecule has 0 saturated heterocycles. The van der Waals surface area contributed by atoms with Crippen LogP contribution in [0.5, 0.6) is 5.75 Å². The highest BCUT2D eigenvalue weighted by Crippen LogP contribution is 2.29. The van der Waals surface area contributed by atoms with E-state index in [-0.39, 0.29) is 21.2 Å². The summed E-state index contributed by atoms with van der Waals surface area (Å²) in [7, 11) is -3.83. The van der Waals surface area contributed by atoms with Crippen LogP contribution < -0.4 is 9.46 Å². The van der Waals surface area contributed by atoms with E-state index in [2.05, 4.69) is 4.72 Å². The maximum atomic E-state index is 12.9. The van der Waals surface area contributed by atoms with E-state index in [1.165, 1.54) is 33.3 Å². The third-order valence-corrected chi connectivity index (χ3v) is 6.53. The number of anilines is 1. The Hall–Kier alpha value is -2.17. The lowest BCUT2D eigenvalue weighted by molar-refractivity contribution is 0.400. The van der Waals surface area contributed by atoms with Crippen molar-refractivity contribution >= 4 is 25.7 Å². The summed E-state index contributed by atoms with van der Waals surface area (Å²) in [6.07, 6.45) is 0. The van der Waals surface area contributed by atoms with E-state index in [1.807, 2.05) is 0 Å². The minimum absolute atomic E-state index is 0.0329. The molecule has 0 aliphatic rings. The summed E-state index contributed by atoms with van der Waals surface area (Å²) in [4.78, 5) is -0.332. The second kappa shape index (κ2) is 6.98. The molecule has 0 spiro atoms. The third kappa shape index (κ3) is 4.09. The zero-order valence-corrected chi connectivity index (χ0v) is 15.4. The van der Waals surface area contributed by atoms with Crippen molar-refractivity contribution in [2.24, 2.45) is 0 Å². The fraction of sp³-hybridized carbons (Fsp3) is 0.200. The summed E-state index contributed by atoms with van der Waals surface area (Å²) in [6.45, 7) is 0. The number of methoxy groups -OCH3 is 1. The van der Waals surface area contributed by atoms with Gasteiger partial charge in [-0.3, -0.25) is 4.72 Å². The minimum atomic E-state index is -4.00. The zero-order chi connectivity index (χ0) is 18.8. The zero-order valence-electron chi connectivity index (χ0n) is 13.7. The molecule has 0 aromatic heterocycles. The summed E-state index contributed by atoms with van der Waals surface area (Å²) >= 11 is 0. The van der Waals surface area contributed by atoms with E-state index < -0.39 is 25.9 Å².